The van der Waals surface area contributed by atoms with E-state index in [9.17, 15) is 11.5 Å². The molecule has 0 saturated heterocycles. The average molecular weight is 457 g/mol. The molecular weight excluding hydrogens is 453 g/mol. The second-order valence-corrected chi connectivity index (χ2v) is 7.14. The monoisotopic (exact) mass is 455 g/mol. The SMILES string of the molecule is NS(=O)(=O)c1cc(Br)cc(Br)c1I=O. The van der Waals surface area contributed by atoms with Crippen molar-refractivity contribution in [3.8, 4) is 0 Å². The van der Waals surface area contributed by atoms with Gasteiger partial charge in [0.2, 0.25) is 10.0 Å². The predicted molar refractivity (Wildman–Crippen MR) is 66.6 cm³/mol. The average Bonchev–Trinajstić information content (AvgIpc) is 2.01. The lowest BCUT2D eigenvalue weighted by Gasteiger charge is -2.04. The third kappa shape index (κ3) is 2.81. The summed E-state index contributed by atoms with van der Waals surface area (Å²) in [6.07, 6.45) is 0. The Labute approximate surface area is 108 Å². The molecule has 4 nitrogen and oxygen atoms in total. The molecule has 0 aliphatic rings. The molecule has 0 fully saturated rings. The summed E-state index contributed by atoms with van der Waals surface area (Å²) in [5, 5.41) is 4.98. The minimum absolute atomic E-state index is 0.0958. The Hall–Kier alpha value is 0.620. The van der Waals surface area contributed by atoms with Gasteiger partial charge in [0.15, 0.2) is 21.2 Å². The van der Waals surface area contributed by atoms with Crippen molar-refractivity contribution in [3.05, 3.63) is 24.6 Å². The third-order valence-corrected chi connectivity index (χ3v) is 6.07. The highest BCUT2D eigenvalue weighted by Crippen LogP contribution is 2.31. The van der Waals surface area contributed by atoms with Crippen molar-refractivity contribution in [1.29, 1.82) is 0 Å². The molecule has 0 saturated carbocycles. The number of nitrogens with two attached hydrogens (primary N) is 1. The van der Waals surface area contributed by atoms with Gasteiger partial charge in [-0.1, -0.05) is 15.9 Å². The highest BCUT2D eigenvalue weighted by Gasteiger charge is 2.17. The van der Waals surface area contributed by atoms with Gasteiger partial charge in [-0.05, 0) is 28.1 Å². The fourth-order valence-corrected chi connectivity index (χ4v) is 5.25. The fraction of sp³-hybridized carbons (Fsp3) is 0. The van der Waals surface area contributed by atoms with E-state index in [-0.39, 0.29) is 8.47 Å². The second-order valence-electron chi connectivity index (χ2n) is 2.32. The highest BCUT2D eigenvalue weighted by atomic mass is 127. The first-order valence-electron chi connectivity index (χ1n) is 3.15. The molecule has 1 aromatic rings. The zero-order valence-corrected chi connectivity index (χ0v) is 12.6. The molecule has 78 valence electrons. The van der Waals surface area contributed by atoms with Crippen LogP contribution in [0.1, 0.15) is 0 Å². The topological polar surface area (TPSA) is 77.2 Å². The lowest BCUT2D eigenvalue weighted by atomic mass is 10.4. The maximum absolute atomic E-state index is 11.1. The molecule has 0 aromatic heterocycles. The summed E-state index contributed by atoms with van der Waals surface area (Å²) >= 11 is 4.67. The van der Waals surface area contributed by atoms with Gasteiger partial charge in [-0.25, -0.2) is 13.6 Å². The Bertz CT molecular complexity index is 488. The second kappa shape index (κ2) is 4.64. The minimum atomic E-state index is -3.82. The molecule has 0 radical (unpaired) electrons. The number of halogens is 3. The van der Waals surface area contributed by atoms with Crippen LogP contribution in [0.25, 0.3) is 0 Å². The molecule has 1 rings (SSSR count). The Balaban J connectivity index is 3.65. The maximum Gasteiger partial charge on any atom is 0.239 e. The van der Waals surface area contributed by atoms with Gasteiger partial charge in [0.05, 0.1) is 8.47 Å². The van der Waals surface area contributed by atoms with Gasteiger partial charge in [0.1, 0.15) is 0 Å². The van der Waals surface area contributed by atoms with Crippen LogP contribution in [0.3, 0.4) is 0 Å². The van der Waals surface area contributed by atoms with Crippen LogP contribution < -0.4 is 5.14 Å². The summed E-state index contributed by atoms with van der Waals surface area (Å²) in [5.74, 6) is 0. The summed E-state index contributed by atoms with van der Waals surface area (Å²) in [4.78, 5) is -0.0958. The molecule has 8 heteroatoms. The lowest BCUT2D eigenvalue weighted by molar-refractivity contribution is 0.597. The van der Waals surface area contributed by atoms with Crippen LogP contribution in [-0.2, 0) is 13.1 Å². The van der Waals surface area contributed by atoms with E-state index in [0.29, 0.717) is 8.95 Å². The number of rotatable bonds is 2. The normalized spacial score (nSPS) is 11.6. The largest absolute Gasteiger partial charge is 0.265 e. The van der Waals surface area contributed by atoms with Crippen LogP contribution in [-0.4, -0.2) is 8.42 Å². The van der Waals surface area contributed by atoms with E-state index in [0.717, 1.165) is 0 Å². The molecule has 0 heterocycles. The number of sulfonamides is 1. The summed E-state index contributed by atoms with van der Waals surface area (Å²) in [6.45, 7) is 0. The smallest absolute Gasteiger partial charge is 0.239 e. The van der Waals surface area contributed by atoms with Crippen LogP contribution in [0.4, 0.5) is 0 Å². The molecule has 0 atom stereocenters. The Morgan fingerprint density at radius 3 is 2.29 bits per heavy atom. The summed E-state index contributed by atoms with van der Waals surface area (Å²) < 4.78 is 34.4. The van der Waals surface area contributed by atoms with Crippen LogP contribution in [0.2, 0.25) is 0 Å². The molecule has 2 N–H and O–H groups in total. The summed E-state index contributed by atoms with van der Waals surface area (Å²) in [6, 6.07) is 2.97. The number of hydrogen-bond acceptors (Lipinski definition) is 3. The van der Waals surface area contributed by atoms with Crippen molar-refractivity contribution >= 4 is 63.1 Å². The lowest BCUT2D eigenvalue weighted by Crippen LogP contribution is -2.14. The zero-order chi connectivity index (χ0) is 10.9. The van der Waals surface area contributed by atoms with E-state index in [1.54, 1.807) is 6.07 Å². The molecular formula is C6H4Br2INO3S. The Morgan fingerprint density at radius 2 is 1.86 bits per heavy atom. The van der Waals surface area contributed by atoms with Crippen LogP contribution in [0, 0.1) is 3.57 Å². The van der Waals surface area contributed by atoms with Crippen LogP contribution >= 0.6 is 53.1 Å². The first kappa shape index (κ1) is 12.7. The van der Waals surface area contributed by atoms with Crippen LogP contribution in [0.5, 0.6) is 0 Å². The molecule has 1 aromatic carbocycles. The number of hydrogen-bond donors (Lipinski definition) is 1. The van der Waals surface area contributed by atoms with Gasteiger partial charge in [-0.15, -0.1) is 0 Å². The fourth-order valence-electron chi connectivity index (χ4n) is 0.814. The van der Waals surface area contributed by atoms with Gasteiger partial charge >= 0.3 is 0 Å². The molecule has 0 unspecified atom stereocenters. The summed E-state index contributed by atoms with van der Waals surface area (Å²) in [7, 11) is -3.82. The molecule has 0 aliphatic heterocycles. The standard InChI is InChI=1S/C6H4Br2INO3S/c7-3-1-4(8)6(9-11)5(2-3)14(10,12)13/h1-2H,(H2,10,12,13). The molecule has 0 bridgehead atoms. The van der Waals surface area contributed by atoms with Crippen molar-refractivity contribution in [1.82, 2.24) is 0 Å². The molecule has 14 heavy (non-hydrogen) atoms. The van der Waals surface area contributed by atoms with Gasteiger partial charge in [-0.3, -0.25) is 3.07 Å². The van der Waals surface area contributed by atoms with E-state index < -0.39 is 31.2 Å². The van der Waals surface area contributed by atoms with Crippen molar-refractivity contribution < 1.29 is 11.5 Å². The van der Waals surface area contributed by atoms with Gasteiger partial charge < -0.3 is 0 Å². The zero-order valence-electron chi connectivity index (χ0n) is 6.50. The molecule has 0 spiro atoms. The van der Waals surface area contributed by atoms with Gasteiger partial charge in [0.25, 0.3) is 0 Å². The Kier molecular flexibility index (Phi) is 4.21. The minimum Gasteiger partial charge on any atom is -0.265 e. The first-order chi connectivity index (χ1) is 6.36. The van der Waals surface area contributed by atoms with E-state index >= 15 is 0 Å². The summed E-state index contributed by atoms with van der Waals surface area (Å²) in [5.41, 5.74) is 0. The molecule has 0 amide bonds. The predicted octanol–water partition coefficient (Wildman–Crippen LogP) is 2.34. The van der Waals surface area contributed by atoms with E-state index in [1.807, 2.05) is 0 Å². The third-order valence-electron chi connectivity index (χ3n) is 1.34. The Morgan fingerprint density at radius 1 is 1.29 bits per heavy atom. The van der Waals surface area contributed by atoms with Crippen LogP contribution in [0.15, 0.2) is 26.0 Å². The van der Waals surface area contributed by atoms with Gasteiger partial charge in [0, 0.05) is 8.95 Å². The molecule has 0 aliphatic carbocycles. The maximum atomic E-state index is 11.1. The van der Waals surface area contributed by atoms with Crippen molar-refractivity contribution in [2.45, 2.75) is 4.90 Å². The van der Waals surface area contributed by atoms with Crippen molar-refractivity contribution in [3.63, 3.8) is 0 Å². The van der Waals surface area contributed by atoms with Crippen molar-refractivity contribution in [2.75, 3.05) is 0 Å². The number of primary sulfonamides is 1. The van der Waals surface area contributed by atoms with E-state index in [4.69, 9.17) is 5.14 Å². The van der Waals surface area contributed by atoms with Crippen molar-refractivity contribution in [2.24, 2.45) is 5.14 Å². The first-order valence-corrected chi connectivity index (χ1v) is 8.24. The quantitative estimate of drug-likeness (QED) is 0.548. The van der Waals surface area contributed by atoms with E-state index in [1.165, 1.54) is 6.07 Å². The number of benzene rings is 1. The van der Waals surface area contributed by atoms with Gasteiger partial charge in [-0.2, -0.15) is 0 Å². The van der Waals surface area contributed by atoms with E-state index in [2.05, 4.69) is 31.9 Å². The highest BCUT2D eigenvalue weighted by molar-refractivity contribution is 14.1.